The SMILES string of the molecule is CN(C)C1CC(c2nn(C)cc2NS(=O)(=O)C2Cc3cc4c(c(NC(N)=O)c3C2)CCC4)C1. The van der Waals surface area contributed by atoms with Gasteiger partial charge >= 0.3 is 6.03 Å². The maximum atomic E-state index is 13.5. The number of rotatable bonds is 6. The van der Waals surface area contributed by atoms with Crippen LogP contribution in [0, 0.1) is 0 Å². The van der Waals surface area contributed by atoms with Crippen molar-refractivity contribution in [3.05, 3.63) is 40.2 Å². The standard InChI is InChI=1S/C23H32N6O3S/c1-28(2)16-8-15(9-16)21-20(12-29(3)26-21)27-33(31,32)17-10-14-7-13-5-4-6-18(13)22(19(14)11-17)25-23(24)30/h7,12,15-17,27H,4-6,8-11H2,1-3H3,(H3,24,25,30). The van der Waals surface area contributed by atoms with Crippen LogP contribution in [0.5, 0.6) is 0 Å². The fourth-order valence-electron chi connectivity index (χ4n) is 5.66. The molecule has 1 atom stereocenters. The molecule has 1 saturated carbocycles. The Bertz CT molecular complexity index is 1210. The summed E-state index contributed by atoms with van der Waals surface area (Å²) >= 11 is 0. The molecule has 9 nitrogen and oxygen atoms in total. The van der Waals surface area contributed by atoms with Gasteiger partial charge in [-0.25, -0.2) is 13.2 Å². The van der Waals surface area contributed by atoms with Crippen molar-refractivity contribution in [2.24, 2.45) is 12.8 Å². The molecule has 1 aromatic carbocycles. The van der Waals surface area contributed by atoms with E-state index in [4.69, 9.17) is 5.73 Å². The lowest BCUT2D eigenvalue weighted by Gasteiger charge is -2.39. The van der Waals surface area contributed by atoms with Crippen LogP contribution >= 0.6 is 0 Å². The Morgan fingerprint density at radius 1 is 1.18 bits per heavy atom. The second-order valence-electron chi connectivity index (χ2n) is 9.93. The minimum Gasteiger partial charge on any atom is -0.351 e. The summed E-state index contributed by atoms with van der Waals surface area (Å²) in [6, 6.07) is 2.02. The molecule has 5 rings (SSSR count). The molecule has 1 heterocycles. The van der Waals surface area contributed by atoms with Crippen molar-refractivity contribution in [1.82, 2.24) is 14.7 Å². The highest BCUT2D eigenvalue weighted by atomic mass is 32.2. The van der Waals surface area contributed by atoms with Gasteiger partial charge in [0.05, 0.1) is 16.6 Å². The zero-order valence-electron chi connectivity index (χ0n) is 19.4. The van der Waals surface area contributed by atoms with Crippen LogP contribution in [0.25, 0.3) is 0 Å². The third-order valence-corrected chi connectivity index (χ3v) is 9.22. The molecule has 0 aliphatic heterocycles. The maximum Gasteiger partial charge on any atom is 0.316 e. The first-order valence-corrected chi connectivity index (χ1v) is 13.1. The first-order valence-electron chi connectivity index (χ1n) is 11.6. The van der Waals surface area contributed by atoms with Gasteiger partial charge in [0, 0.05) is 30.9 Å². The number of nitrogens with one attached hydrogen (secondary N) is 2. The summed E-state index contributed by atoms with van der Waals surface area (Å²) in [6.45, 7) is 0. The summed E-state index contributed by atoms with van der Waals surface area (Å²) in [5.41, 5.74) is 11.8. The number of benzene rings is 1. The van der Waals surface area contributed by atoms with E-state index in [1.54, 1.807) is 10.9 Å². The number of primary amides is 1. The first-order chi connectivity index (χ1) is 15.6. The van der Waals surface area contributed by atoms with Gasteiger partial charge in [-0.05, 0) is 81.3 Å². The molecule has 1 fully saturated rings. The van der Waals surface area contributed by atoms with Crippen molar-refractivity contribution in [2.75, 3.05) is 24.1 Å². The van der Waals surface area contributed by atoms with E-state index in [9.17, 15) is 13.2 Å². The van der Waals surface area contributed by atoms with Crippen molar-refractivity contribution in [2.45, 2.75) is 62.2 Å². The van der Waals surface area contributed by atoms with Crippen LogP contribution in [-0.2, 0) is 42.8 Å². The molecule has 1 aromatic heterocycles. The van der Waals surface area contributed by atoms with Crippen LogP contribution in [0.4, 0.5) is 16.2 Å². The van der Waals surface area contributed by atoms with Gasteiger partial charge in [-0.1, -0.05) is 6.07 Å². The largest absolute Gasteiger partial charge is 0.351 e. The third-order valence-electron chi connectivity index (χ3n) is 7.51. The second-order valence-corrected chi connectivity index (χ2v) is 11.9. The Morgan fingerprint density at radius 3 is 2.64 bits per heavy atom. The Morgan fingerprint density at radius 2 is 1.94 bits per heavy atom. The van der Waals surface area contributed by atoms with Crippen LogP contribution in [0.2, 0.25) is 0 Å². The van der Waals surface area contributed by atoms with E-state index in [1.807, 2.05) is 7.05 Å². The van der Waals surface area contributed by atoms with E-state index in [-0.39, 0.29) is 5.92 Å². The average molecular weight is 473 g/mol. The lowest BCUT2D eigenvalue weighted by Crippen LogP contribution is -2.39. The van der Waals surface area contributed by atoms with E-state index in [0.717, 1.165) is 60.2 Å². The van der Waals surface area contributed by atoms with E-state index >= 15 is 0 Å². The molecule has 4 N–H and O–H groups in total. The highest BCUT2D eigenvalue weighted by molar-refractivity contribution is 7.93. The molecule has 0 radical (unpaired) electrons. The number of aromatic nitrogens is 2. The predicted molar refractivity (Wildman–Crippen MR) is 128 cm³/mol. The number of urea groups is 1. The number of hydrogen-bond donors (Lipinski definition) is 3. The quantitative estimate of drug-likeness (QED) is 0.594. The van der Waals surface area contributed by atoms with Gasteiger partial charge in [0.15, 0.2) is 0 Å². The summed E-state index contributed by atoms with van der Waals surface area (Å²) in [5.74, 6) is 0.256. The van der Waals surface area contributed by atoms with Crippen LogP contribution in [-0.4, -0.2) is 54.5 Å². The minimum absolute atomic E-state index is 0.256. The Balaban J connectivity index is 1.38. The molecular formula is C23H32N6O3S. The highest BCUT2D eigenvalue weighted by Gasteiger charge is 2.39. The Hall–Kier alpha value is -2.59. The van der Waals surface area contributed by atoms with Crippen LogP contribution in [0.3, 0.4) is 0 Å². The molecular weight excluding hydrogens is 440 g/mol. The van der Waals surface area contributed by atoms with Gasteiger partial charge in [-0.3, -0.25) is 9.40 Å². The number of nitrogens with zero attached hydrogens (tertiary/aromatic N) is 3. The monoisotopic (exact) mass is 472 g/mol. The van der Waals surface area contributed by atoms with E-state index in [0.29, 0.717) is 24.6 Å². The van der Waals surface area contributed by atoms with Crippen LogP contribution < -0.4 is 15.8 Å². The zero-order chi connectivity index (χ0) is 23.5. The molecule has 0 saturated heterocycles. The Kier molecular flexibility index (Phi) is 5.40. The van der Waals surface area contributed by atoms with Gasteiger partial charge in [0.2, 0.25) is 10.0 Å². The van der Waals surface area contributed by atoms with Crippen molar-refractivity contribution < 1.29 is 13.2 Å². The van der Waals surface area contributed by atoms with Crippen molar-refractivity contribution in [3.63, 3.8) is 0 Å². The van der Waals surface area contributed by atoms with Crippen LogP contribution in [0.15, 0.2) is 12.3 Å². The number of carbonyl (C=O) groups excluding carboxylic acids is 1. The fourth-order valence-corrected chi connectivity index (χ4v) is 7.08. The van der Waals surface area contributed by atoms with Gasteiger partial charge in [-0.2, -0.15) is 5.10 Å². The number of fused-ring (bicyclic) bond motifs is 2. The van der Waals surface area contributed by atoms with E-state index in [1.165, 1.54) is 5.56 Å². The number of sulfonamides is 1. The topological polar surface area (TPSA) is 122 Å². The number of anilines is 2. The average Bonchev–Trinajstić information content (AvgIpc) is 3.38. The van der Waals surface area contributed by atoms with Gasteiger partial charge in [-0.15, -0.1) is 0 Å². The summed E-state index contributed by atoms with van der Waals surface area (Å²) in [4.78, 5) is 13.9. The van der Waals surface area contributed by atoms with Gasteiger partial charge in [0.25, 0.3) is 0 Å². The summed E-state index contributed by atoms with van der Waals surface area (Å²) in [6.07, 6.45) is 7.34. The highest BCUT2D eigenvalue weighted by Crippen LogP contribution is 2.43. The normalized spacial score (nSPS) is 23.8. The molecule has 0 bridgehead atoms. The molecule has 3 aliphatic carbocycles. The number of amides is 2. The summed E-state index contributed by atoms with van der Waals surface area (Å²) in [7, 11) is 2.30. The number of aryl methyl sites for hydroxylation is 2. The van der Waals surface area contributed by atoms with Gasteiger partial charge in [0.1, 0.15) is 0 Å². The molecule has 178 valence electrons. The van der Waals surface area contributed by atoms with Crippen molar-refractivity contribution >= 4 is 27.4 Å². The molecule has 2 aromatic rings. The van der Waals surface area contributed by atoms with E-state index in [2.05, 4.69) is 40.2 Å². The number of nitrogens with two attached hydrogens (primary N) is 1. The fraction of sp³-hybridized carbons (Fsp3) is 0.565. The van der Waals surface area contributed by atoms with E-state index < -0.39 is 21.3 Å². The lowest BCUT2D eigenvalue weighted by atomic mass is 9.77. The second kappa shape index (κ2) is 8.02. The molecule has 2 amide bonds. The Labute approximate surface area is 194 Å². The molecule has 3 aliphatic rings. The smallest absolute Gasteiger partial charge is 0.316 e. The van der Waals surface area contributed by atoms with Crippen LogP contribution in [0.1, 0.15) is 53.1 Å². The molecule has 33 heavy (non-hydrogen) atoms. The number of carbonyl (C=O) groups is 1. The van der Waals surface area contributed by atoms with Gasteiger partial charge < -0.3 is 16.0 Å². The predicted octanol–water partition coefficient (Wildman–Crippen LogP) is 2.12. The third kappa shape index (κ3) is 3.99. The van der Waals surface area contributed by atoms with Crippen molar-refractivity contribution in [1.29, 1.82) is 0 Å². The lowest BCUT2D eigenvalue weighted by molar-refractivity contribution is 0.164. The maximum absolute atomic E-state index is 13.5. The summed E-state index contributed by atoms with van der Waals surface area (Å²) < 4.78 is 31.4. The molecule has 1 unspecified atom stereocenters. The van der Waals surface area contributed by atoms with Crippen molar-refractivity contribution in [3.8, 4) is 0 Å². The minimum atomic E-state index is -3.65. The molecule has 0 spiro atoms. The number of hydrogen-bond acceptors (Lipinski definition) is 5. The zero-order valence-corrected chi connectivity index (χ0v) is 20.2. The summed E-state index contributed by atoms with van der Waals surface area (Å²) in [5, 5.41) is 6.76. The first kappa shape index (κ1) is 22.2. The molecule has 10 heteroatoms.